The Bertz CT molecular complexity index is 719. The molecule has 0 aliphatic carbocycles. The Kier molecular flexibility index (Phi) is 6.98. The molecule has 25 heavy (non-hydrogen) atoms. The Morgan fingerprint density at radius 2 is 1.88 bits per heavy atom. The van der Waals surface area contributed by atoms with Gasteiger partial charge in [0.15, 0.2) is 0 Å². The van der Waals surface area contributed by atoms with Crippen LogP contribution in [-0.2, 0) is 22.6 Å². The highest BCUT2D eigenvalue weighted by molar-refractivity contribution is 5.81. The number of amides is 2. The minimum Gasteiger partial charge on any atom is -0.356 e. The Labute approximate surface area is 149 Å². The van der Waals surface area contributed by atoms with Crippen LogP contribution in [0.4, 0.5) is 0 Å². The summed E-state index contributed by atoms with van der Waals surface area (Å²) >= 11 is 0. The Morgan fingerprint density at radius 3 is 2.56 bits per heavy atom. The van der Waals surface area contributed by atoms with Crippen LogP contribution in [0.5, 0.6) is 0 Å². The maximum atomic E-state index is 12.5. The Balaban J connectivity index is 2.18. The second kappa shape index (κ2) is 9.20. The van der Waals surface area contributed by atoms with Gasteiger partial charge in [0.05, 0.1) is 11.0 Å². The van der Waals surface area contributed by atoms with Gasteiger partial charge in [0, 0.05) is 32.5 Å². The molecule has 6 nitrogen and oxygen atoms in total. The molecule has 0 spiro atoms. The molecule has 0 fully saturated rings. The van der Waals surface area contributed by atoms with Gasteiger partial charge < -0.3 is 14.8 Å². The topological polar surface area (TPSA) is 67.2 Å². The van der Waals surface area contributed by atoms with Gasteiger partial charge in [-0.05, 0) is 32.4 Å². The monoisotopic (exact) mass is 344 g/mol. The van der Waals surface area contributed by atoms with Gasteiger partial charge in [-0.3, -0.25) is 9.59 Å². The van der Waals surface area contributed by atoms with Gasteiger partial charge in [0.1, 0.15) is 12.4 Å². The van der Waals surface area contributed by atoms with Crippen LogP contribution in [0.3, 0.4) is 0 Å². The summed E-state index contributed by atoms with van der Waals surface area (Å²) in [6.07, 6.45) is 1.98. The minimum absolute atomic E-state index is 0.0596. The lowest BCUT2D eigenvalue weighted by molar-refractivity contribution is -0.131. The van der Waals surface area contributed by atoms with E-state index in [1.165, 1.54) is 0 Å². The van der Waals surface area contributed by atoms with E-state index in [1.807, 2.05) is 54.5 Å². The third-order valence-electron chi connectivity index (χ3n) is 4.29. The Morgan fingerprint density at radius 1 is 1.16 bits per heavy atom. The molecule has 0 aliphatic rings. The Hall–Kier alpha value is -2.37. The van der Waals surface area contributed by atoms with Gasteiger partial charge in [-0.25, -0.2) is 4.98 Å². The molecule has 0 saturated carbocycles. The number of likely N-dealkylation sites (N-methyl/N-ethyl adjacent to an activating group) is 1. The molecule has 1 N–H and O–H groups in total. The lowest BCUT2D eigenvalue weighted by Gasteiger charge is -2.20. The highest BCUT2D eigenvalue weighted by atomic mass is 16.2. The lowest BCUT2D eigenvalue weighted by Crippen LogP contribution is -2.34. The zero-order chi connectivity index (χ0) is 18.2. The van der Waals surface area contributed by atoms with Crippen LogP contribution in [0.15, 0.2) is 24.3 Å². The predicted octanol–water partition coefficient (Wildman–Crippen LogP) is 2.36. The first kappa shape index (κ1) is 19.0. The molecule has 1 aromatic heterocycles. The van der Waals surface area contributed by atoms with Gasteiger partial charge in [0.25, 0.3) is 0 Å². The van der Waals surface area contributed by atoms with Gasteiger partial charge in [0.2, 0.25) is 11.8 Å². The van der Waals surface area contributed by atoms with Gasteiger partial charge in [-0.15, -0.1) is 0 Å². The highest BCUT2D eigenvalue weighted by Gasteiger charge is 2.16. The van der Waals surface area contributed by atoms with Crippen molar-refractivity contribution in [1.29, 1.82) is 0 Å². The van der Waals surface area contributed by atoms with E-state index < -0.39 is 0 Å². The summed E-state index contributed by atoms with van der Waals surface area (Å²) in [4.78, 5) is 30.7. The summed E-state index contributed by atoms with van der Waals surface area (Å²) in [7, 11) is 0. The summed E-state index contributed by atoms with van der Waals surface area (Å²) in [5, 5.41) is 2.91. The number of nitrogens with zero attached hydrogens (tertiary/aromatic N) is 3. The fraction of sp³-hybridized carbons (Fsp3) is 0.526. The van der Waals surface area contributed by atoms with Crippen molar-refractivity contribution < 1.29 is 9.59 Å². The zero-order valence-corrected chi connectivity index (χ0v) is 15.4. The molecule has 0 aliphatic heterocycles. The van der Waals surface area contributed by atoms with Crippen LogP contribution >= 0.6 is 0 Å². The number of fused-ring (bicyclic) bond motifs is 1. The van der Waals surface area contributed by atoms with E-state index in [2.05, 4.69) is 10.3 Å². The maximum Gasteiger partial charge on any atom is 0.242 e. The van der Waals surface area contributed by atoms with E-state index >= 15 is 0 Å². The molecule has 0 bridgehead atoms. The summed E-state index contributed by atoms with van der Waals surface area (Å²) in [6, 6.07) is 7.83. The summed E-state index contributed by atoms with van der Waals surface area (Å²) in [5.74, 6) is 0.979. The first-order valence-corrected chi connectivity index (χ1v) is 9.09. The third kappa shape index (κ3) is 4.81. The average molecular weight is 344 g/mol. The van der Waals surface area contributed by atoms with Crippen molar-refractivity contribution in [1.82, 2.24) is 19.8 Å². The number of aromatic nitrogens is 2. The molecule has 0 unspecified atom stereocenters. The number of nitrogens with one attached hydrogen (secondary N) is 1. The van der Waals surface area contributed by atoms with Crippen molar-refractivity contribution in [3.8, 4) is 0 Å². The number of benzene rings is 1. The molecular formula is C19H28N4O2. The average Bonchev–Trinajstić information content (AvgIpc) is 2.94. The first-order chi connectivity index (χ1) is 12.1. The second-order valence-corrected chi connectivity index (χ2v) is 6.02. The van der Waals surface area contributed by atoms with Crippen LogP contribution in [0.1, 0.15) is 39.4 Å². The molecule has 6 heteroatoms. The van der Waals surface area contributed by atoms with E-state index in [4.69, 9.17) is 0 Å². The molecule has 0 radical (unpaired) electrons. The second-order valence-electron chi connectivity index (χ2n) is 6.02. The van der Waals surface area contributed by atoms with Crippen LogP contribution in [0.2, 0.25) is 0 Å². The van der Waals surface area contributed by atoms with Crippen molar-refractivity contribution in [3.63, 3.8) is 0 Å². The van der Waals surface area contributed by atoms with Crippen molar-refractivity contribution >= 4 is 22.8 Å². The minimum atomic E-state index is 0.0596. The summed E-state index contributed by atoms with van der Waals surface area (Å²) in [6.45, 7) is 8.16. The standard InChI is InChI=1S/C19H28N4O2/c1-4-9-18(24)20-13-12-17-21-15-10-7-8-11-16(15)23(17)14-19(25)22(5-2)6-3/h7-8,10-11H,4-6,9,12-14H2,1-3H3,(H,20,24). The van der Waals surface area contributed by atoms with E-state index in [9.17, 15) is 9.59 Å². The quantitative estimate of drug-likeness (QED) is 0.759. The van der Waals surface area contributed by atoms with Crippen LogP contribution in [0.25, 0.3) is 11.0 Å². The number of rotatable bonds is 9. The third-order valence-corrected chi connectivity index (χ3v) is 4.29. The van der Waals surface area contributed by atoms with Crippen LogP contribution in [0, 0.1) is 0 Å². The van der Waals surface area contributed by atoms with Crippen molar-refractivity contribution in [2.24, 2.45) is 0 Å². The van der Waals surface area contributed by atoms with Crippen LogP contribution < -0.4 is 5.32 Å². The molecule has 0 saturated heterocycles. The van der Waals surface area contributed by atoms with Gasteiger partial charge in [-0.2, -0.15) is 0 Å². The van der Waals surface area contributed by atoms with Gasteiger partial charge >= 0.3 is 0 Å². The number of hydrogen-bond acceptors (Lipinski definition) is 3. The maximum absolute atomic E-state index is 12.5. The van der Waals surface area contributed by atoms with E-state index in [-0.39, 0.29) is 18.4 Å². The highest BCUT2D eigenvalue weighted by Crippen LogP contribution is 2.16. The fourth-order valence-electron chi connectivity index (χ4n) is 2.93. The number of carbonyl (C=O) groups excluding carboxylic acids is 2. The molecule has 2 amide bonds. The number of para-hydroxylation sites is 2. The van der Waals surface area contributed by atoms with Crippen molar-refractivity contribution in [2.45, 2.75) is 46.6 Å². The molecule has 0 atom stereocenters. The molecule has 2 rings (SSSR count). The van der Waals surface area contributed by atoms with E-state index in [1.54, 1.807) is 0 Å². The predicted molar refractivity (Wildman–Crippen MR) is 99.3 cm³/mol. The molecule has 136 valence electrons. The van der Waals surface area contributed by atoms with Gasteiger partial charge in [-0.1, -0.05) is 19.1 Å². The van der Waals surface area contributed by atoms with E-state index in [0.717, 1.165) is 23.3 Å². The number of carbonyl (C=O) groups is 2. The summed E-state index contributed by atoms with van der Waals surface area (Å²) < 4.78 is 1.97. The normalized spacial score (nSPS) is 10.8. The molecule has 1 aromatic carbocycles. The van der Waals surface area contributed by atoms with E-state index in [0.29, 0.717) is 32.5 Å². The largest absolute Gasteiger partial charge is 0.356 e. The summed E-state index contributed by atoms with van der Waals surface area (Å²) in [5.41, 5.74) is 1.84. The molecule has 1 heterocycles. The lowest BCUT2D eigenvalue weighted by atomic mass is 10.3. The molecular weight excluding hydrogens is 316 g/mol. The number of hydrogen-bond donors (Lipinski definition) is 1. The molecule has 2 aromatic rings. The smallest absolute Gasteiger partial charge is 0.242 e. The van der Waals surface area contributed by atoms with Crippen molar-refractivity contribution in [3.05, 3.63) is 30.1 Å². The van der Waals surface area contributed by atoms with Crippen molar-refractivity contribution in [2.75, 3.05) is 19.6 Å². The number of imidazole rings is 1. The zero-order valence-electron chi connectivity index (χ0n) is 15.4. The first-order valence-electron chi connectivity index (χ1n) is 9.09. The SMILES string of the molecule is CCCC(=O)NCCc1nc2ccccc2n1CC(=O)N(CC)CC. The van der Waals surface area contributed by atoms with Crippen LogP contribution in [-0.4, -0.2) is 45.9 Å². The fourth-order valence-corrected chi connectivity index (χ4v) is 2.93.